The van der Waals surface area contributed by atoms with Gasteiger partial charge in [-0.1, -0.05) is 18.0 Å². The van der Waals surface area contributed by atoms with E-state index in [1.165, 1.54) is 0 Å². The maximum atomic E-state index is 12.2. The van der Waals surface area contributed by atoms with Crippen LogP contribution in [0.3, 0.4) is 0 Å². The van der Waals surface area contributed by atoms with Gasteiger partial charge in [0.05, 0.1) is 11.4 Å². The number of carbonyl (C=O) groups is 2. The zero-order valence-corrected chi connectivity index (χ0v) is 15.6. The van der Waals surface area contributed by atoms with E-state index in [2.05, 4.69) is 5.32 Å². The molecule has 7 heteroatoms. The average Bonchev–Trinajstić information content (AvgIpc) is 2.83. The van der Waals surface area contributed by atoms with E-state index in [4.69, 9.17) is 21.1 Å². The molecule has 1 saturated heterocycles. The molecular weight excluding hydrogens is 356 g/mol. The second-order valence-corrected chi connectivity index (χ2v) is 7.08. The third kappa shape index (κ3) is 5.04. The molecule has 2 heterocycles. The van der Waals surface area contributed by atoms with Crippen molar-refractivity contribution in [3.05, 3.63) is 22.7 Å². The van der Waals surface area contributed by atoms with Crippen LogP contribution in [0.15, 0.2) is 12.1 Å². The SMILES string of the molecule is O=C(Cc1cc(Cl)c2c(c1)OCCO2)NCCCN1CCCCCC1=O. The molecule has 2 aliphatic rings. The first-order chi connectivity index (χ1) is 12.6. The summed E-state index contributed by atoms with van der Waals surface area (Å²) in [6, 6.07) is 3.54. The highest BCUT2D eigenvalue weighted by molar-refractivity contribution is 6.32. The van der Waals surface area contributed by atoms with Gasteiger partial charge in [0, 0.05) is 26.1 Å². The van der Waals surface area contributed by atoms with Gasteiger partial charge >= 0.3 is 0 Å². The second kappa shape index (κ2) is 9.12. The van der Waals surface area contributed by atoms with Gasteiger partial charge < -0.3 is 19.7 Å². The highest BCUT2D eigenvalue weighted by Gasteiger charge is 2.18. The summed E-state index contributed by atoms with van der Waals surface area (Å²) in [7, 11) is 0. The summed E-state index contributed by atoms with van der Waals surface area (Å²) in [4.78, 5) is 26.0. The molecule has 6 nitrogen and oxygen atoms in total. The van der Waals surface area contributed by atoms with Gasteiger partial charge in [0.1, 0.15) is 13.2 Å². The van der Waals surface area contributed by atoms with E-state index < -0.39 is 0 Å². The Morgan fingerprint density at radius 3 is 2.92 bits per heavy atom. The van der Waals surface area contributed by atoms with Crippen molar-refractivity contribution >= 4 is 23.4 Å². The molecule has 1 aromatic rings. The van der Waals surface area contributed by atoms with E-state index in [1.807, 2.05) is 4.90 Å². The maximum Gasteiger partial charge on any atom is 0.224 e. The first-order valence-electron chi connectivity index (χ1n) is 9.26. The van der Waals surface area contributed by atoms with Crippen molar-refractivity contribution in [1.29, 1.82) is 0 Å². The van der Waals surface area contributed by atoms with Gasteiger partial charge in [0.15, 0.2) is 11.5 Å². The zero-order chi connectivity index (χ0) is 18.4. The van der Waals surface area contributed by atoms with Crippen LogP contribution in [0.25, 0.3) is 0 Å². The number of rotatable bonds is 6. The van der Waals surface area contributed by atoms with Crippen LogP contribution in [0.1, 0.15) is 37.7 Å². The number of amides is 2. The number of nitrogens with one attached hydrogen (secondary N) is 1. The highest BCUT2D eigenvalue weighted by Crippen LogP contribution is 2.38. The van der Waals surface area contributed by atoms with E-state index in [9.17, 15) is 9.59 Å². The molecule has 1 fully saturated rings. The molecule has 1 N–H and O–H groups in total. The van der Waals surface area contributed by atoms with Crippen LogP contribution in [0.2, 0.25) is 5.02 Å². The molecule has 2 aliphatic heterocycles. The fourth-order valence-electron chi connectivity index (χ4n) is 3.29. The third-order valence-corrected chi connectivity index (χ3v) is 4.90. The topological polar surface area (TPSA) is 67.9 Å². The van der Waals surface area contributed by atoms with Gasteiger partial charge in [-0.15, -0.1) is 0 Å². The van der Waals surface area contributed by atoms with E-state index in [1.54, 1.807) is 12.1 Å². The Bertz CT molecular complexity index is 665. The predicted octanol–water partition coefficient (Wildman–Crippen LogP) is 2.56. The minimum atomic E-state index is -0.0695. The Morgan fingerprint density at radius 2 is 2.04 bits per heavy atom. The minimum Gasteiger partial charge on any atom is -0.486 e. The molecule has 142 valence electrons. The molecule has 0 atom stereocenters. The van der Waals surface area contributed by atoms with Gasteiger partial charge in [-0.25, -0.2) is 0 Å². The van der Waals surface area contributed by atoms with Crippen LogP contribution >= 0.6 is 11.6 Å². The summed E-state index contributed by atoms with van der Waals surface area (Å²) < 4.78 is 11.0. The van der Waals surface area contributed by atoms with Crippen LogP contribution in [0.4, 0.5) is 0 Å². The van der Waals surface area contributed by atoms with Crippen LogP contribution in [-0.2, 0) is 16.0 Å². The zero-order valence-electron chi connectivity index (χ0n) is 14.9. The molecule has 0 saturated carbocycles. The smallest absolute Gasteiger partial charge is 0.224 e. The summed E-state index contributed by atoms with van der Waals surface area (Å²) in [6.07, 6.45) is 4.83. The molecule has 0 spiro atoms. The molecular formula is C19H25ClN2O4. The lowest BCUT2D eigenvalue weighted by atomic mass is 10.1. The average molecular weight is 381 g/mol. The van der Waals surface area contributed by atoms with Gasteiger partial charge in [0.25, 0.3) is 0 Å². The first-order valence-corrected chi connectivity index (χ1v) is 9.64. The quantitative estimate of drug-likeness (QED) is 0.770. The van der Waals surface area contributed by atoms with Crippen LogP contribution in [0.5, 0.6) is 11.5 Å². The van der Waals surface area contributed by atoms with Crippen molar-refractivity contribution in [2.75, 3.05) is 32.8 Å². The standard InChI is InChI=1S/C19H25ClN2O4/c20-15-11-14(12-16-19(15)26-10-9-25-16)13-17(23)21-6-4-8-22-7-3-1-2-5-18(22)24/h11-12H,1-10,13H2,(H,21,23). The number of nitrogens with zero attached hydrogens (tertiary/aromatic N) is 1. The van der Waals surface area contributed by atoms with Gasteiger partial charge in [-0.05, 0) is 37.0 Å². The van der Waals surface area contributed by atoms with Gasteiger partial charge in [-0.2, -0.15) is 0 Å². The van der Waals surface area contributed by atoms with Crippen molar-refractivity contribution in [2.24, 2.45) is 0 Å². The lowest BCUT2D eigenvalue weighted by molar-refractivity contribution is -0.130. The number of fused-ring (bicyclic) bond motifs is 1. The number of likely N-dealkylation sites (tertiary alicyclic amines) is 1. The summed E-state index contributed by atoms with van der Waals surface area (Å²) in [5.74, 6) is 1.30. The molecule has 1 aromatic carbocycles. The lowest BCUT2D eigenvalue weighted by Gasteiger charge is -2.21. The Labute approximate surface area is 158 Å². The van der Waals surface area contributed by atoms with Gasteiger partial charge in [-0.3, -0.25) is 9.59 Å². The van der Waals surface area contributed by atoms with E-state index in [0.29, 0.717) is 49.2 Å². The van der Waals surface area contributed by atoms with Crippen LogP contribution in [0, 0.1) is 0 Å². The van der Waals surface area contributed by atoms with Crippen molar-refractivity contribution in [1.82, 2.24) is 10.2 Å². The Balaban J connectivity index is 1.43. The first kappa shape index (κ1) is 18.8. The minimum absolute atomic E-state index is 0.0695. The molecule has 26 heavy (non-hydrogen) atoms. The number of ether oxygens (including phenoxy) is 2. The normalized spacial score (nSPS) is 17.0. The van der Waals surface area contributed by atoms with Crippen molar-refractivity contribution in [2.45, 2.75) is 38.5 Å². The summed E-state index contributed by atoms with van der Waals surface area (Å²) in [5, 5.41) is 3.37. The largest absolute Gasteiger partial charge is 0.486 e. The maximum absolute atomic E-state index is 12.2. The fourth-order valence-corrected chi connectivity index (χ4v) is 3.57. The molecule has 0 aromatic heterocycles. The molecule has 3 rings (SSSR count). The van der Waals surface area contributed by atoms with Crippen molar-refractivity contribution in [3.8, 4) is 11.5 Å². The highest BCUT2D eigenvalue weighted by atomic mass is 35.5. The van der Waals surface area contributed by atoms with E-state index in [0.717, 1.165) is 37.8 Å². The number of hydrogen-bond donors (Lipinski definition) is 1. The molecule has 0 unspecified atom stereocenters. The lowest BCUT2D eigenvalue weighted by Crippen LogP contribution is -2.34. The van der Waals surface area contributed by atoms with Crippen molar-refractivity contribution < 1.29 is 19.1 Å². The Kier molecular flexibility index (Phi) is 6.61. The monoisotopic (exact) mass is 380 g/mol. The third-order valence-electron chi connectivity index (χ3n) is 4.62. The number of halogens is 1. The fraction of sp³-hybridized carbons (Fsp3) is 0.579. The predicted molar refractivity (Wildman–Crippen MR) is 98.8 cm³/mol. The molecule has 0 radical (unpaired) electrons. The van der Waals surface area contributed by atoms with E-state index in [-0.39, 0.29) is 18.2 Å². The van der Waals surface area contributed by atoms with Gasteiger partial charge in [0.2, 0.25) is 11.8 Å². The second-order valence-electron chi connectivity index (χ2n) is 6.67. The summed E-state index contributed by atoms with van der Waals surface area (Å²) in [6.45, 7) is 3.05. The van der Waals surface area contributed by atoms with Crippen molar-refractivity contribution in [3.63, 3.8) is 0 Å². The van der Waals surface area contributed by atoms with Crippen LogP contribution < -0.4 is 14.8 Å². The van der Waals surface area contributed by atoms with E-state index >= 15 is 0 Å². The number of hydrogen-bond acceptors (Lipinski definition) is 4. The molecule has 0 aliphatic carbocycles. The molecule has 2 amide bonds. The molecule has 0 bridgehead atoms. The van der Waals surface area contributed by atoms with Crippen LogP contribution in [-0.4, -0.2) is 49.6 Å². The number of benzene rings is 1. The Hall–Kier alpha value is -1.95. The Morgan fingerprint density at radius 1 is 1.19 bits per heavy atom. The summed E-state index contributed by atoms with van der Waals surface area (Å²) in [5.41, 5.74) is 0.791. The summed E-state index contributed by atoms with van der Waals surface area (Å²) >= 11 is 6.20. The number of carbonyl (C=O) groups excluding carboxylic acids is 2.